The number of nitrogens with two attached hydrogens (primary N) is 1. The van der Waals surface area contributed by atoms with Crippen LogP contribution in [-0.2, 0) is 0 Å². The number of benzene rings is 1. The second-order valence-corrected chi connectivity index (χ2v) is 6.11. The first-order chi connectivity index (χ1) is 13.1. The van der Waals surface area contributed by atoms with Crippen LogP contribution in [0.1, 0.15) is 13.3 Å². The molecule has 0 bridgehead atoms. The minimum Gasteiger partial charge on any atom is -0.507 e. The molecule has 0 aliphatic carbocycles. The fourth-order valence-corrected chi connectivity index (χ4v) is 2.62. The fourth-order valence-electron chi connectivity index (χ4n) is 2.62. The lowest BCUT2D eigenvalue weighted by Crippen LogP contribution is -2.28. The van der Waals surface area contributed by atoms with Crippen LogP contribution in [-0.4, -0.2) is 39.8 Å². The molecule has 2 aromatic heterocycles. The third-order valence-corrected chi connectivity index (χ3v) is 4.24. The second kappa shape index (κ2) is 8.46. The molecule has 1 aromatic carbocycles. The predicted molar refractivity (Wildman–Crippen MR) is 106 cm³/mol. The van der Waals surface area contributed by atoms with E-state index in [-0.39, 0.29) is 11.8 Å². The third kappa shape index (κ3) is 4.32. The summed E-state index contributed by atoms with van der Waals surface area (Å²) in [5, 5.41) is 13.5. The van der Waals surface area contributed by atoms with E-state index in [1.54, 1.807) is 37.7 Å². The molecule has 3 aromatic rings. The Balaban J connectivity index is 1.95. The molecular weight excluding hydrogens is 342 g/mol. The number of nitrogens with zero attached hydrogens (tertiary/aromatic N) is 3. The molecule has 0 amide bonds. The molecule has 0 aliphatic heterocycles. The summed E-state index contributed by atoms with van der Waals surface area (Å²) in [7, 11) is 1.58. The highest BCUT2D eigenvalue weighted by Gasteiger charge is 2.13. The molecule has 0 unspecified atom stereocenters. The predicted octanol–water partition coefficient (Wildman–Crippen LogP) is 3.07. The quantitative estimate of drug-likeness (QED) is 0.591. The van der Waals surface area contributed by atoms with Gasteiger partial charge in [-0.3, -0.25) is 0 Å². The normalized spacial score (nSPS) is 11.8. The van der Waals surface area contributed by atoms with Gasteiger partial charge in [-0.15, -0.1) is 0 Å². The molecule has 4 N–H and O–H groups in total. The van der Waals surface area contributed by atoms with E-state index >= 15 is 0 Å². The zero-order valence-electron chi connectivity index (χ0n) is 15.4. The monoisotopic (exact) mass is 365 g/mol. The summed E-state index contributed by atoms with van der Waals surface area (Å²) in [6.07, 6.45) is 4.20. The number of anilines is 1. The number of phenolic OH excluding ortho intramolecular Hbond substituents is 1. The zero-order chi connectivity index (χ0) is 19.2. The van der Waals surface area contributed by atoms with Crippen molar-refractivity contribution in [2.24, 2.45) is 5.73 Å². The molecule has 0 radical (unpaired) electrons. The first kappa shape index (κ1) is 18.6. The first-order valence-corrected chi connectivity index (χ1v) is 8.77. The molecule has 0 fully saturated rings. The van der Waals surface area contributed by atoms with Crippen LogP contribution in [0.25, 0.3) is 22.5 Å². The topological polar surface area (TPSA) is 106 Å². The molecular formula is C20H23N5O2. The van der Waals surface area contributed by atoms with Crippen molar-refractivity contribution in [1.82, 2.24) is 15.0 Å². The third-order valence-electron chi connectivity index (χ3n) is 4.24. The molecule has 140 valence electrons. The molecule has 7 heteroatoms. The first-order valence-electron chi connectivity index (χ1n) is 8.77. The van der Waals surface area contributed by atoms with Crippen LogP contribution in [0.4, 0.5) is 5.82 Å². The fraction of sp³-hybridized carbons (Fsp3) is 0.250. The van der Waals surface area contributed by atoms with Crippen LogP contribution in [0.3, 0.4) is 0 Å². The number of phenols is 1. The number of hydrogen-bond donors (Lipinski definition) is 3. The summed E-state index contributed by atoms with van der Waals surface area (Å²) in [4.78, 5) is 13.0. The largest absolute Gasteiger partial charge is 0.507 e. The molecule has 27 heavy (non-hydrogen) atoms. The Morgan fingerprint density at radius 3 is 2.78 bits per heavy atom. The van der Waals surface area contributed by atoms with E-state index in [0.717, 1.165) is 17.5 Å². The van der Waals surface area contributed by atoms with Crippen molar-refractivity contribution in [2.75, 3.05) is 19.0 Å². The summed E-state index contributed by atoms with van der Waals surface area (Å²) in [5.74, 6) is 1.70. The Morgan fingerprint density at radius 2 is 2.00 bits per heavy atom. The molecule has 3 rings (SSSR count). The smallest absolute Gasteiger partial charge is 0.221 e. The van der Waals surface area contributed by atoms with E-state index in [4.69, 9.17) is 10.5 Å². The van der Waals surface area contributed by atoms with Crippen molar-refractivity contribution in [3.8, 4) is 34.1 Å². The Bertz CT molecular complexity index is 916. The molecule has 7 nitrogen and oxygen atoms in total. The molecule has 0 spiro atoms. The van der Waals surface area contributed by atoms with E-state index in [2.05, 4.69) is 20.3 Å². The average molecular weight is 365 g/mol. The number of hydrogen-bond acceptors (Lipinski definition) is 7. The van der Waals surface area contributed by atoms with Crippen LogP contribution in [0.15, 0.2) is 48.8 Å². The number of pyridine rings is 1. The molecule has 0 saturated heterocycles. The Hall–Kier alpha value is -3.19. The van der Waals surface area contributed by atoms with Gasteiger partial charge in [-0.05, 0) is 42.3 Å². The van der Waals surface area contributed by atoms with Gasteiger partial charge in [0, 0.05) is 30.5 Å². The minimum absolute atomic E-state index is 0.0539. The van der Waals surface area contributed by atoms with Gasteiger partial charge in [0.2, 0.25) is 5.88 Å². The van der Waals surface area contributed by atoms with Gasteiger partial charge in [-0.25, -0.2) is 15.0 Å². The van der Waals surface area contributed by atoms with Crippen LogP contribution < -0.4 is 15.8 Å². The van der Waals surface area contributed by atoms with Gasteiger partial charge >= 0.3 is 0 Å². The summed E-state index contributed by atoms with van der Waals surface area (Å²) < 4.78 is 5.33. The summed E-state index contributed by atoms with van der Waals surface area (Å²) in [5.41, 5.74) is 8.14. The van der Waals surface area contributed by atoms with Gasteiger partial charge in [0.05, 0.1) is 12.7 Å². The van der Waals surface area contributed by atoms with Crippen LogP contribution in [0, 0.1) is 0 Å². The molecule has 0 saturated carbocycles. The summed E-state index contributed by atoms with van der Waals surface area (Å²) >= 11 is 0. The molecule has 1 atom stereocenters. The van der Waals surface area contributed by atoms with Gasteiger partial charge < -0.3 is 20.9 Å². The summed E-state index contributed by atoms with van der Waals surface area (Å²) in [6, 6.07) is 10.8. The van der Waals surface area contributed by atoms with E-state index < -0.39 is 0 Å². The SMILES string of the molecule is CC[C@H](N)CNc1ccnc(-c2cc(-c3cccnc3OC)ccc2O)n1. The van der Waals surface area contributed by atoms with Crippen molar-refractivity contribution in [3.05, 3.63) is 48.8 Å². The van der Waals surface area contributed by atoms with Crippen molar-refractivity contribution in [1.29, 1.82) is 0 Å². The van der Waals surface area contributed by atoms with E-state index in [1.807, 2.05) is 25.1 Å². The van der Waals surface area contributed by atoms with Crippen molar-refractivity contribution >= 4 is 5.82 Å². The highest BCUT2D eigenvalue weighted by atomic mass is 16.5. The average Bonchev–Trinajstić information content (AvgIpc) is 2.72. The standard InChI is InChI=1S/C20H23N5O2/c1-3-14(21)12-24-18-8-10-22-19(25-18)16-11-13(6-7-17(16)26)15-5-4-9-23-20(15)27-2/h4-11,14,26H,3,12,21H2,1-2H3,(H,22,24,25)/t14-/m0/s1. The van der Waals surface area contributed by atoms with Gasteiger partial charge in [0.25, 0.3) is 0 Å². The van der Waals surface area contributed by atoms with Crippen LogP contribution in [0.5, 0.6) is 11.6 Å². The number of aromatic hydroxyl groups is 1. The van der Waals surface area contributed by atoms with E-state index in [9.17, 15) is 5.11 Å². The minimum atomic E-state index is 0.0539. The lowest BCUT2D eigenvalue weighted by molar-refractivity contribution is 0.399. The lowest BCUT2D eigenvalue weighted by atomic mass is 10.0. The number of ether oxygens (including phenoxy) is 1. The maximum Gasteiger partial charge on any atom is 0.221 e. The van der Waals surface area contributed by atoms with Gasteiger partial charge in [0.15, 0.2) is 5.82 Å². The van der Waals surface area contributed by atoms with Crippen LogP contribution in [0.2, 0.25) is 0 Å². The second-order valence-electron chi connectivity index (χ2n) is 6.11. The van der Waals surface area contributed by atoms with Gasteiger partial charge in [0.1, 0.15) is 11.6 Å². The number of aromatic nitrogens is 3. The Kier molecular flexibility index (Phi) is 5.83. The molecule has 2 heterocycles. The van der Waals surface area contributed by atoms with Gasteiger partial charge in [-0.1, -0.05) is 13.0 Å². The van der Waals surface area contributed by atoms with Crippen molar-refractivity contribution in [2.45, 2.75) is 19.4 Å². The Labute approximate surface area is 158 Å². The maximum atomic E-state index is 10.3. The van der Waals surface area contributed by atoms with Crippen LogP contribution >= 0.6 is 0 Å². The van der Waals surface area contributed by atoms with Gasteiger partial charge in [-0.2, -0.15) is 0 Å². The zero-order valence-corrected chi connectivity index (χ0v) is 15.4. The van der Waals surface area contributed by atoms with E-state index in [0.29, 0.717) is 29.6 Å². The number of methoxy groups -OCH3 is 1. The Morgan fingerprint density at radius 1 is 1.15 bits per heavy atom. The van der Waals surface area contributed by atoms with Crippen molar-refractivity contribution < 1.29 is 9.84 Å². The van der Waals surface area contributed by atoms with Crippen molar-refractivity contribution in [3.63, 3.8) is 0 Å². The number of nitrogens with one attached hydrogen (secondary N) is 1. The highest BCUT2D eigenvalue weighted by Crippen LogP contribution is 2.34. The summed E-state index contributed by atoms with van der Waals surface area (Å²) in [6.45, 7) is 2.65. The molecule has 0 aliphatic rings. The lowest BCUT2D eigenvalue weighted by Gasteiger charge is -2.12. The maximum absolute atomic E-state index is 10.3. The number of rotatable bonds is 7. The van der Waals surface area contributed by atoms with E-state index in [1.165, 1.54) is 0 Å². The highest BCUT2D eigenvalue weighted by molar-refractivity contribution is 5.76.